The van der Waals surface area contributed by atoms with E-state index in [0.717, 1.165) is 51.3 Å². The number of benzene rings is 1. The number of methoxy groups -OCH3 is 1. The lowest BCUT2D eigenvalue weighted by Crippen LogP contribution is -2.48. The number of hydrogen-bond acceptors (Lipinski definition) is 7. The number of carbonyl (C=O) groups is 1. The van der Waals surface area contributed by atoms with Crippen LogP contribution < -0.4 is 14.2 Å². The van der Waals surface area contributed by atoms with Crippen LogP contribution in [-0.4, -0.2) is 72.7 Å². The summed E-state index contributed by atoms with van der Waals surface area (Å²) in [4.78, 5) is 19.9. The standard InChI is InChI=1S/C28H31F2N3O5/c1-35-24-9-19(10-25(38-28(29)30)27(24)23(34)8-17-2-3-17)22-12-31-26-11-21(5-7-33(22)26)37-14-18-4-6-32(13-18)20-15-36-16-20/h5,7,9-12,17-18,20,28H,2-4,6,8,13-16H2,1H3/t18-/m0/s1. The number of fused-ring (bicyclic) bond motifs is 1. The number of Topliss-reactive ketones (excluding diaryl/α,β-unsaturated/α-hetero) is 1. The zero-order valence-corrected chi connectivity index (χ0v) is 21.3. The summed E-state index contributed by atoms with van der Waals surface area (Å²) in [5.74, 6) is 1.26. The lowest BCUT2D eigenvalue weighted by atomic mass is 10.00. The highest BCUT2D eigenvalue weighted by atomic mass is 19.3. The third kappa shape index (κ3) is 5.19. The van der Waals surface area contributed by atoms with Crippen LogP contribution >= 0.6 is 0 Å². The van der Waals surface area contributed by atoms with Crippen LogP contribution in [0.25, 0.3) is 16.9 Å². The quantitative estimate of drug-likeness (QED) is 0.335. The largest absolute Gasteiger partial charge is 0.496 e. The Morgan fingerprint density at radius 2 is 1.97 bits per heavy atom. The van der Waals surface area contributed by atoms with Crippen LogP contribution in [0.3, 0.4) is 0 Å². The lowest BCUT2D eigenvalue weighted by Gasteiger charge is -2.34. The summed E-state index contributed by atoms with van der Waals surface area (Å²) in [6.45, 7) is 1.32. The SMILES string of the molecule is COc1cc(-c2cnc3cc(OC[C@H]4CCN(C5COC5)C4)ccn23)cc(OC(F)F)c1C(=O)CC1CC1. The number of aromatic nitrogens is 2. The number of imidazole rings is 1. The summed E-state index contributed by atoms with van der Waals surface area (Å²) in [5.41, 5.74) is 1.91. The van der Waals surface area contributed by atoms with Gasteiger partial charge in [0, 0.05) is 36.7 Å². The van der Waals surface area contributed by atoms with E-state index in [0.29, 0.717) is 47.8 Å². The van der Waals surface area contributed by atoms with Crippen molar-refractivity contribution in [2.24, 2.45) is 11.8 Å². The number of likely N-dealkylation sites (tertiary alicyclic amines) is 1. The molecule has 6 rings (SSSR count). The van der Waals surface area contributed by atoms with Gasteiger partial charge in [-0.05, 0) is 49.9 Å². The molecule has 3 aliphatic rings. The van der Waals surface area contributed by atoms with Crippen LogP contribution in [0.1, 0.15) is 36.0 Å². The number of ether oxygens (including phenoxy) is 4. The predicted octanol–water partition coefficient (Wildman–Crippen LogP) is 4.69. The van der Waals surface area contributed by atoms with Gasteiger partial charge in [0.25, 0.3) is 0 Å². The minimum absolute atomic E-state index is 0.0586. The molecule has 1 atom stereocenters. The Morgan fingerprint density at radius 3 is 2.68 bits per heavy atom. The predicted molar refractivity (Wildman–Crippen MR) is 135 cm³/mol. The van der Waals surface area contributed by atoms with Gasteiger partial charge in [-0.1, -0.05) is 0 Å². The van der Waals surface area contributed by atoms with Gasteiger partial charge in [0.1, 0.15) is 28.5 Å². The molecule has 1 aliphatic carbocycles. The summed E-state index contributed by atoms with van der Waals surface area (Å²) in [5, 5.41) is 0. The molecule has 8 nitrogen and oxygen atoms in total. The van der Waals surface area contributed by atoms with Gasteiger partial charge in [0.15, 0.2) is 5.78 Å². The zero-order chi connectivity index (χ0) is 26.2. The summed E-state index contributed by atoms with van der Waals surface area (Å²) >= 11 is 0. The van der Waals surface area contributed by atoms with Crippen molar-refractivity contribution in [1.82, 2.24) is 14.3 Å². The molecule has 2 aliphatic heterocycles. The van der Waals surface area contributed by atoms with Crippen molar-refractivity contribution < 1.29 is 32.5 Å². The first-order chi connectivity index (χ1) is 18.5. The Morgan fingerprint density at radius 1 is 1.16 bits per heavy atom. The van der Waals surface area contributed by atoms with E-state index in [1.807, 2.05) is 22.7 Å². The molecule has 0 spiro atoms. The van der Waals surface area contributed by atoms with Crippen LogP contribution in [0.5, 0.6) is 17.2 Å². The first kappa shape index (κ1) is 25.1. The molecular weight excluding hydrogens is 496 g/mol. The van der Waals surface area contributed by atoms with Gasteiger partial charge in [0.2, 0.25) is 0 Å². The van der Waals surface area contributed by atoms with Crippen molar-refractivity contribution in [3.05, 3.63) is 42.2 Å². The van der Waals surface area contributed by atoms with E-state index in [4.69, 9.17) is 18.9 Å². The maximum atomic E-state index is 13.3. The molecule has 3 aromatic rings. The molecule has 0 radical (unpaired) electrons. The van der Waals surface area contributed by atoms with E-state index < -0.39 is 6.61 Å². The van der Waals surface area contributed by atoms with Gasteiger partial charge in [0.05, 0.1) is 44.9 Å². The number of rotatable bonds is 11. The topological polar surface area (TPSA) is 74.5 Å². The molecule has 2 aromatic heterocycles. The van der Waals surface area contributed by atoms with E-state index in [1.54, 1.807) is 12.3 Å². The third-order valence-electron chi connectivity index (χ3n) is 7.67. The second-order valence-corrected chi connectivity index (χ2v) is 10.4. The summed E-state index contributed by atoms with van der Waals surface area (Å²) in [6.07, 6.45) is 6.84. The first-order valence-corrected chi connectivity index (χ1v) is 13.1. The van der Waals surface area contributed by atoms with Gasteiger partial charge >= 0.3 is 6.61 Å². The Labute approximate surface area is 219 Å². The van der Waals surface area contributed by atoms with Crippen molar-refractivity contribution in [2.45, 2.75) is 38.3 Å². The van der Waals surface area contributed by atoms with E-state index in [-0.39, 0.29) is 22.8 Å². The first-order valence-electron chi connectivity index (χ1n) is 13.1. The zero-order valence-electron chi connectivity index (χ0n) is 21.3. The Kier molecular flexibility index (Phi) is 6.92. The minimum atomic E-state index is -3.07. The molecule has 4 heterocycles. The molecule has 3 fully saturated rings. The van der Waals surface area contributed by atoms with Gasteiger partial charge in [-0.3, -0.25) is 14.1 Å². The lowest BCUT2D eigenvalue weighted by molar-refractivity contribution is -0.0584. The number of ketones is 1. The Balaban J connectivity index is 1.22. The molecule has 10 heteroatoms. The molecule has 2 saturated heterocycles. The smallest absolute Gasteiger partial charge is 0.387 e. The molecule has 38 heavy (non-hydrogen) atoms. The molecule has 0 N–H and O–H groups in total. The fourth-order valence-electron chi connectivity index (χ4n) is 5.29. The number of halogens is 2. The number of hydrogen-bond donors (Lipinski definition) is 0. The van der Waals surface area contributed by atoms with Crippen LogP contribution in [-0.2, 0) is 4.74 Å². The monoisotopic (exact) mass is 527 g/mol. The third-order valence-corrected chi connectivity index (χ3v) is 7.67. The van der Waals surface area contributed by atoms with Crippen LogP contribution in [0.15, 0.2) is 36.7 Å². The average Bonchev–Trinajstić information content (AvgIpc) is 3.39. The van der Waals surface area contributed by atoms with E-state index in [9.17, 15) is 13.6 Å². The second-order valence-electron chi connectivity index (χ2n) is 10.4. The molecule has 0 bridgehead atoms. The van der Waals surface area contributed by atoms with Crippen LogP contribution in [0.2, 0.25) is 0 Å². The fraction of sp³-hybridized carbons (Fsp3) is 0.500. The molecule has 0 unspecified atom stereocenters. The average molecular weight is 528 g/mol. The molecular formula is C28H31F2N3O5. The normalized spacial score (nSPS) is 20.2. The van der Waals surface area contributed by atoms with Gasteiger partial charge < -0.3 is 18.9 Å². The molecule has 1 saturated carbocycles. The maximum Gasteiger partial charge on any atom is 0.387 e. The van der Waals surface area contributed by atoms with Crippen molar-refractivity contribution >= 4 is 11.4 Å². The van der Waals surface area contributed by atoms with Crippen LogP contribution in [0, 0.1) is 11.8 Å². The second kappa shape index (κ2) is 10.5. The highest BCUT2D eigenvalue weighted by molar-refractivity contribution is 6.02. The number of carbonyl (C=O) groups excluding carboxylic acids is 1. The van der Waals surface area contributed by atoms with Crippen LogP contribution in [0.4, 0.5) is 8.78 Å². The van der Waals surface area contributed by atoms with Crippen molar-refractivity contribution in [3.8, 4) is 28.5 Å². The van der Waals surface area contributed by atoms with Crippen molar-refractivity contribution in [1.29, 1.82) is 0 Å². The highest BCUT2D eigenvalue weighted by Crippen LogP contribution is 2.40. The van der Waals surface area contributed by atoms with E-state index in [1.165, 1.54) is 13.2 Å². The summed E-state index contributed by atoms with van der Waals surface area (Å²) in [6, 6.07) is 7.41. The van der Waals surface area contributed by atoms with Gasteiger partial charge in [-0.15, -0.1) is 0 Å². The number of nitrogens with zero attached hydrogens (tertiary/aromatic N) is 3. The number of pyridine rings is 1. The van der Waals surface area contributed by atoms with Gasteiger partial charge in [-0.25, -0.2) is 4.98 Å². The minimum Gasteiger partial charge on any atom is -0.496 e. The van der Waals surface area contributed by atoms with Crippen molar-refractivity contribution in [2.75, 3.05) is 40.0 Å². The summed E-state index contributed by atoms with van der Waals surface area (Å²) < 4.78 is 50.1. The molecule has 1 aromatic carbocycles. The maximum absolute atomic E-state index is 13.3. The molecule has 202 valence electrons. The van der Waals surface area contributed by atoms with E-state index in [2.05, 4.69) is 9.88 Å². The highest BCUT2D eigenvalue weighted by Gasteiger charge is 2.33. The van der Waals surface area contributed by atoms with Gasteiger partial charge in [-0.2, -0.15) is 8.78 Å². The Bertz CT molecular complexity index is 1320. The van der Waals surface area contributed by atoms with E-state index >= 15 is 0 Å². The van der Waals surface area contributed by atoms with Crippen molar-refractivity contribution in [3.63, 3.8) is 0 Å². The fourth-order valence-corrected chi connectivity index (χ4v) is 5.29. The Hall–Kier alpha value is -3.24. The summed E-state index contributed by atoms with van der Waals surface area (Å²) in [7, 11) is 1.42. The number of alkyl halides is 2. The molecule has 0 amide bonds.